The zero-order chi connectivity index (χ0) is 27.1. The van der Waals surface area contributed by atoms with Crippen LogP contribution in [0, 0.1) is 11.3 Å². The molecule has 4 heterocycles. The molecule has 3 amide bonds. The van der Waals surface area contributed by atoms with Gasteiger partial charge >= 0.3 is 12.1 Å². The van der Waals surface area contributed by atoms with Gasteiger partial charge in [0.2, 0.25) is 0 Å². The van der Waals surface area contributed by atoms with Crippen LogP contribution in [0.2, 0.25) is 0 Å². The summed E-state index contributed by atoms with van der Waals surface area (Å²) in [5.74, 6) is 0.622. The Balaban J connectivity index is 1.56. The van der Waals surface area contributed by atoms with Gasteiger partial charge in [-0.15, -0.1) is 0 Å². The molecular weight excluding hydrogens is 490 g/mol. The summed E-state index contributed by atoms with van der Waals surface area (Å²) in [6, 6.07) is 4.92. The first-order chi connectivity index (χ1) is 18.4. The van der Waals surface area contributed by atoms with Crippen LogP contribution in [-0.4, -0.2) is 59.6 Å². The number of carbonyl (C=O) groups excluding carboxylic acids is 3. The fraction of sp³-hybridized carbons (Fsp3) is 0.308. The number of carbonyl (C=O) groups is 3. The molecule has 2 aliphatic heterocycles. The Labute approximate surface area is 219 Å². The molecule has 1 atom stereocenters. The number of methoxy groups -OCH3 is 1. The molecule has 0 spiro atoms. The van der Waals surface area contributed by atoms with E-state index < -0.39 is 12.1 Å². The number of hydrogen-bond acceptors (Lipinski definition) is 9. The third kappa shape index (κ3) is 5.96. The van der Waals surface area contributed by atoms with Gasteiger partial charge in [-0.25, -0.2) is 19.6 Å². The van der Waals surface area contributed by atoms with E-state index in [0.717, 1.165) is 5.56 Å². The number of rotatable bonds is 8. The zero-order valence-corrected chi connectivity index (χ0v) is 21.0. The first kappa shape index (κ1) is 26.3. The molecule has 38 heavy (non-hydrogen) atoms. The number of nitrogens with one attached hydrogen (secondary N) is 2. The van der Waals surface area contributed by atoms with E-state index in [1.165, 1.54) is 22.3 Å². The van der Waals surface area contributed by atoms with Crippen molar-refractivity contribution in [2.24, 2.45) is 0 Å². The Kier molecular flexibility index (Phi) is 8.30. The van der Waals surface area contributed by atoms with Gasteiger partial charge < -0.3 is 14.8 Å². The lowest BCUT2D eigenvalue weighted by Gasteiger charge is -2.29. The average Bonchev–Trinajstić information content (AvgIpc) is 3.11. The van der Waals surface area contributed by atoms with Gasteiger partial charge in [0.25, 0.3) is 0 Å². The van der Waals surface area contributed by atoms with E-state index in [0.29, 0.717) is 54.9 Å². The molecule has 2 N–H and O–H groups in total. The van der Waals surface area contributed by atoms with Crippen LogP contribution in [0.5, 0.6) is 0 Å². The summed E-state index contributed by atoms with van der Waals surface area (Å²) in [5, 5.41) is 15.4. The Morgan fingerprint density at radius 2 is 2.21 bits per heavy atom. The number of anilines is 3. The van der Waals surface area contributed by atoms with E-state index in [4.69, 9.17) is 9.47 Å². The molecule has 0 saturated carbocycles. The predicted octanol–water partition coefficient (Wildman–Crippen LogP) is 3.57. The normalized spacial score (nSPS) is 15.1. The van der Waals surface area contributed by atoms with Gasteiger partial charge in [-0.1, -0.05) is 0 Å². The van der Waals surface area contributed by atoms with Crippen molar-refractivity contribution in [1.29, 1.82) is 5.26 Å². The molecule has 12 heteroatoms. The standard InChI is InChI=1S/C26H27N7O5/c1-17(16-37-2)29-21-11-23(28-13-20(21)12-27)31-25(35)33-8-5-6-18-10-19(22(15-34)30-24(18)33)14-32-7-3-4-9-38-26(32)36/h3-4,7,9-11,13,15,17H,5-6,8,14,16H2,1-2H3,(H2,28,29,31,35). The lowest BCUT2D eigenvalue weighted by molar-refractivity contribution is 0.111. The number of nitriles is 1. The van der Waals surface area contributed by atoms with Crippen molar-refractivity contribution in [3.63, 3.8) is 0 Å². The number of aldehydes is 1. The fourth-order valence-corrected chi connectivity index (χ4v) is 4.18. The summed E-state index contributed by atoms with van der Waals surface area (Å²) in [5.41, 5.74) is 2.29. The number of urea groups is 1. The van der Waals surface area contributed by atoms with Crippen LogP contribution in [0.25, 0.3) is 0 Å². The third-order valence-corrected chi connectivity index (χ3v) is 5.91. The molecule has 196 valence electrons. The largest absolute Gasteiger partial charge is 0.418 e. The number of ether oxygens (including phenoxy) is 2. The molecular formula is C26H27N7O5. The topological polar surface area (TPSA) is 150 Å². The van der Waals surface area contributed by atoms with Crippen molar-refractivity contribution in [2.75, 3.05) is 35.8 Å². The number of cyclic esters (lactones) is 1. The second-order valence-electron chi connectivity index (χ2n) is 8.73. The van der Waals surface area contributed by atoms with Gasteiger partial charge in [-0.05, 0) is 43.5 Å². The van der Waals surface area contributed by atoms with E-state index in [-0.39, 0.29) is 24.1 Å². The van der Waals surface area contributed by atoms with Crippen LogP contribution in [-0.2, 0) is 22.4 Å². The monoisotopic (exact) mass is 517 g/mol. The van der Waals surface area contributed by atoms with Crippen molar-refractivity contribution >= 4 is 35.7 Å². The van der Waals surface area contributed by atoms with E-state index in [2.05, 4.69) is 26.7 Å². The van der Waals surface area contributed by atoms with Crippen molar-refractivity contribution in [3.8, 4) is 6.07 Å². The van der Waals surface area contributed by atoms with Crippen LogP contribution in [0.15, 0.2) is 42.9 Å². The predicted molar refractivity (Wildman–Crippen MR) is 139 cm³/mol. The van der Waals surface area contributed by atoms with Crippen LogP contribution in [0.4, 0.5) is 26.9 Å². The summed E-state index contributed by atoms with van der Waals surface area (Å²) in [7, 11) is 1.59. The van der Waals surface area contributed by atoms with E-state index in [1.54, 1.807) is 37.6 Å². The van der Waals surface area contributed by atoms with E-state index in [9.17, 15) is 19.6 Å². The van der Waals surface area contributed by atoms with Crippen molar-refractivity contribution in [1.82, 2.24) is 14.9 Å². The first-order valence-corrected chi connectivity index (χ1v) is 12.0. The molecule has 0 radical (unpaired) electrons. The van der Waals surface area contributed by atoms with Gasteiger partial charge in [0.1, 0.15) is 23.4 Å². The molecule has 2 aromatic heterocycles. The number of hydrogen-bond donors (Lipinski definition) is 2. The summed E-state index contributed by atoms with van der Waals surface area (Å²) in [4.78, 5) is 48.8. The minimum absolute atomic E-state index is 0.0740. The number of allylic oxidation sites excluding steroid dienone is 2. The minimum atomic E-state index is -0.578. The quantitative estimate of drug-likeness (QED) is 0.501. The molecule has 0 bridgehead atoms. The number of pyridine rings is 2. The average molecular weight is 518 g/mol. The summed E-state index contributed by atoms with van der Waals surface area (Å²) in [6.07, 6.45) is 8.82. The summed E-state index contributed by atoms with van der Waals surface area (Å²) >= 11 is 0. The fourth-order valence-electron chi connectivity index (χ4n) is 4.18. The molecule has 2 aliphatic rings. The van der Waals surface area contributed by atoms with Gasteiger partial charge in [0.05, 0.1) is 30.7 Å². The van der Waals surface area contributed by atoms with Gasteiger partial charge in [-0.2, -0.15) is 5.26 Å². The zero-order valence-electron chi connectivity index (χ0n) is 21.0. The maximum atomic E-state index is 13.3. The van der Waals surface area contributed by atoms with Crippen molar-refractivity contribution in [3.05, 3.63) is 65.3 Å². The van der Waals surface area contributed by atoms with Crippen molar-refractivity contribution in [2.45, 2.75) is 32.4 Å². The highest BCUT2D eigenvalue weighted by Crippen LogP contribution is 2.29. The Hall–Kier alpha value is -4.76. The molecule has 0 aliphatic carbocycles. The smallest absolute Gasteiger partial charge is 0.418 e. The SMILES string of the molecule is COCC(C)Nc1cc(NC(=O)N2CCCc3cc(CN4C=CC=COC4=O)c(C=O)nc32)ncc1C#N. The summed E-state index contributed by atoms with van der Waals surface area (Å²) in [6.45, 7) is 2.81. The van der Waals surface area contributed by atoms with Gasteiger partial charge in [-0.3, -0.25) is 19.9 Å². The number of aromatic nitrogens is 2. The molecule has 1 unspecified atom stereocenters. The maximum absolute atomic E-state index is 13.3. The van der Waals surface area contributed by atoms with Gasteiger partial charge in [0.15, 0.2) is 6.29 Å². The molecule has 0 fully saturated rings. The van der Waals surface area contributed by atoms with Gasteiger partial charge in [0, 0.05) is 43.7 Å². The van der Waals surface area contributed by atoms with E-state index >= 15 is 0 Å². The second kappa shape index (κ2) is 12.0. The first-order valence-electron chi connectivity index (χ1n) is 12.0. The number of aryl methyl sites for hydroxylation is 1. The van der Waals surface area contributed by atoms with Crippen molar-refractivity contribution < 1.29 is 23.9 Å². The molecule has 4 rings (SSSR count). The number of nitrogens with zero attached hydrogens (tertiary/aromatic N) is 5. The molecule has 0 saturated heterocycles. The Morgan fingerprint density at radius 1 is 1.37 bits per heavy atom. The lowest BCUT2D eigenvalue weighted by Crippen LogP contribution is -2.40. The molecule has 2 aromatic rings. The number of fused-ring (bicyclic) bond motifs is 1. The summed E-state index contributed by atoms with van der Waals surface area (Å²) < 4.78 is 10.1. The molecule has 0 aromatic carbocycles. The van der Waals surface area contributed by atoms with Crippen LogP contribution < -0.4 is 15.5 Å². The maximum Gasteiger partial charge on any atom is 0.418 e. The van der Waals surface area contributed by atoms with Crippen LogP contribution in [0.1, 0.15) is 40.5 Å². The number of amides is 3. The highest BCUT2D eigenvalue weighted by Gasteiger charge is 2.27. The molecule has 12 nitrogen and oxygen atoms in total. The minimum Gasteiger partial charge on any atom is -0.418 e. The lowest BCUT2D eigenvalue weighted by atomic mass is 10.0. The van der Waals surface area contributed by atoms with E-state index in [1.807, 2.05) is 6.92 Å². The van der Waals surface area contributed by atoms with Crippen LogP contribution >= 0.6 is 0 Å². The second-order valence-corrected chi connectivity index (χ2v) is 8.73. The third-order valence-electron chi connectivity index (χ3n) is 5.91. The Bertz CT molecular complexity index is 1330. The highest BCUT2D eigenvalue weighted by molar-refractivity contribution is 6.01. The Morgan fingerprint density at radius 3 is 2.97 bits per heavy atom. The highest BCUT2D eigenvalue weighted by atomic mass is 16.5. The van der Waals surface area contributed by atoms with Crippen LogP contribution in [0.3, 0.4) is 0 Å².